The molecule has 0 aromatic rings. The van der Waals surface area contributed by atoms with E-state index in [9.17, 15) is 9.59 Å². The first-order chi connectivity index (χ1) is 8.40. The fourth-order valence-electron chi connectivity index (χ4n) is 1.98. The number of ketones is 1. The van der Waals surface area contributed by atoms with Gasteiger partial charge in [0, 0.05) is 5.41 Å². The summed E-state index contributed by atoms with van der Waals surface area (Å²) in [5.41, 5.74) is -0.914. The smallest absolute Gasteiger partial charge is 0.304 e. The van der Waals surface area contributed by atoms with Gasteiger partial charge in [0.05, 0.1) is 24.0 Å². The number of carboxylic acid groups (broad SMARTS) is 1. The molecule has 0 aliphatic rings. The van der Waals surface area contributed by atoms with Gasteiger partial charge < -0.3 is 9.84 Å². The quantitative estimate of drug-likeness (QED) is 0.772. The normalized spacial score (nSPS) is 15.9. The summed E-state index contributed by atoms with van der Waals surface area (Å²) in [6, 6.07) is 0. The Labute approximate surface area is 116 Å². The van der Waals surface area contributed by atoms with Crippen LogP contribution >= 0.6 is 0 Å². The Bertz CT molecular complexity index is 326. The number of ether oxygens (including phenoxy) is 1. The van der Waals surface area contributed by atoms with Gasteiger partial charge in [-0.25, -0.2) is 0 Å². The maximum atomic E-state index is 12.5. The largest absolute Gasteiger partial charge is 0.481 e. The van der Waals surface area contributed by atoms with Crippen molar-refractivity contribution >= 4 is 11.8 Å². The molecule has 1 N–H and O–H groups in total. The fourth-order valence-corrected chi connectivity index (χ4v) is 1.98. The number of rotatable bonds is 7. The summed E-state index contributed by atoms with van der Waals surface area (Å²) < 4.78 is 5.78. The monoisotopic (exact) mass is 272 g/mol. The van der Waals surface area contributed by atoms with E-state index in [1.165, 1.54) is 0 Å². The molecule has 0 saturated carbocycles. The molecule has 19 heavy (non-hydrogen) atoms. The van der Waals surface area contributed by atoms with E-state index in [2.05, 4.69) is 0 Å². The minimum Gasteiger partial charge on any atom is -0.481 e. The molecule has 0 spiro atoms. The van der Waals surface area contributed by atoms with E-state index in [0.717, 1.165) is 0 Å². The SMILES string of the molecule is CCC(C)(C)C(=O)C(CC(=O)O)C(C)OC(C)(C)C. The van der Waals surface area contributed by atoms with Crippen molar-refractivity contribution in [2.75, 3.05) is 0 Å². The third kappa shape index (κ3) is 6.19. The predicted octanol–water partition coefficient (Wildman–Crippen LogP) is 3.29. The van der Waals surface area contributed by atoms with Crippen molar-refractivity contribution < 1.29 is 19.4 Å². The average Bonchev–Trinajstić information content (AvgIpc) is 2.22. The molecule has 4 nitrogen and oxygen atoms in total. The summed E-state index contributed by atoms with van der Waals surface area (Å²) in [4.78, 5) is 23.5. The summed E-state index contributed by atoms with van der Waals surface area (Å²) in [7, 11) is 0. The van der Waals surface area contributed by atoms with E-state index < -0.39 is 29.0 Å². The van der Waals surface area contributed by atoms with Crippen molar-refractivity contribution in [2.45, 2.75) is 73.0 Å². The van der Waals surface area contributed by atoms with E-state index in [1.807, 2.05) is 41.5 Å². The highest BCUT2D eigenvalue weighted by molar-refractivity contribution is 5.89. The maximum absolute atomic E-state index is 12.5. The van der Waals surface area contributed by atoms with Gasteiger partial charge in [-0.05, 0) is 34.1 Å². The maximum Gasteiger partial charge on any atom is 0.304 e. The Kier molecular flexibility index (Phi) is 6.20. The van der Waals surface area contributed by atoms with Crippen molar-refractivity contribution in [1.82, 2.24) is 0 Å². The zero-order valence-electron chi connectivity index (χ0n) is 13.2. The third-order valence-electron chi connectivity index (χ3n) is 3.39. The van der Waals surface area contributed by atoms with Crippen LogP contribution in [0.2, 0.25) is 0 Å². The van der Waals surface area contributed by atoms with Crippen LogP contribution < -0.4 is 0 Å². The number of aliphatic carboxylic acids is 1. The topological polar surface area (TPSA) is 63.6 Å². The molecule has 4 heteroatoms. The van der Waals surface area contributed by atoms with Gasteiger partial charge in [-0.3, -0.25) is 9.59 Å². The van der Waals surface area contributed by atoms with Gasteiger partial charge in [-0.2, -0.15) is 0 Å². The average molecular weight is 272 g/mol. The minimum absolute atomic E-state index is 0.0332. The number of hydrogen-bond donors (Lipinski definition) is 1. The molecule has 0 bridgehead atoms. The van der Waals surface area contributed by atoms with Crippen LogP contribution in [-0.4, -0.2) is 28.6 Å². The summed E-state index contributed by atoms with van der Waals surface area (Å²) in [6.07, 6.45) is 0.0957. The van der Waals surface area contributed by atoms with Crippen molar-refractivity contribution in [3.05, 3.63) is 0 Å². The number of hydrogen-bond acceptors (Lipinski definition) is 3. The van der Waals surface area contributed by atoms with Gasteiger partial charge in [0.25, 0.3) is 0 Å². The Balaban J connectivity index is 5.11. The van der Waals surface area contributed by atoms with Gasteiger partial charge in [-0.15, -0.1) is 0 Å². The number of carboxylic acids is 1. The highest BCUT2D eigenvalue weighted by Gasteiger charge is 2.38. The summed E-state index contributed by atoms with van der Waals surface area (Å²) >= 11 is 0. The van der Waals surface area contributed by atoms with Crippen LogP contribution in [-0.2, 0) is 14.3 Å². The lowest BCUT2D eigenvalue weighted by atomic mass is 9.76. The van der Waals surface area contributed by atoms with Crippen LogP contribution in [0.1, 0.15) is 61.3 Å². The molecule has 0 aromatic heterocycles. The van der Waals surface area contributed by atoms with Crippen LogP contribution in [0.15, 0.2) is 0 Å². The fraction of sp³-hybridized carbons (Fsp3) is 0.867. The Morgan fingerprint density at radius 2 is 1.63 bits per heavy atom. The van der Waals surface area contributed by atoms with Crippen molar-refractivity contribution in [2.24, 2.45) is 11.3 Å². The van der Waals surface area contributed by atoms with Gasteiger partial charge in [-0.1, -0.05) is 20.8 Å². The standard InChI is InChI=1S/C15H28O4/c1-8-15(6,7)13(18)11(9-12(16)17)10(2)19-14(3,4)5/h10-11H,8-9H2,1-7H3,(H,16,17). The van der Waals surface area contributed by atoms with E-state index in [4.69, 9.17) is 9.84 Å². The predicted molar refractivity (Wildman–Crippen MR) is 75.1 cm³/mol. The molecular weight excluding hydrogens is 244 g/mol. The lowest BCUT2D eigenvalue weighted by Gasteiger charge is -2.33. The van der Waals surface area contributed by atoms with E-state index in [-0.39, 0.29) is 12.2 Å². The minimum atomic E-state index is -0.963. The van der Waals surface area contributed by atoms with Crippen LogP contribution in [0, 0.1) is 11.3 Å². The molecule has 0 rings (SSSR count). The molecule has 112 valence electrons. The van der Waals surface area contributed by atoms with Gasteiger partial charge >= 0.3 is 5.97 Å². The number of carbonyl (C=O) groups excluding carboxylic acids is 1. The lowest BCUT2D eigenvalue weighted by molar-refractivity contribution is -0.151. The second-order valence-corrected chi connectivity index (χ2v) is 6.74. The second kappa shape index (κ2) is 6.51. The number of carbonyl (C=O) groups is 2. The summed E-state index contributed by atoms with van der Waals surface area (Å²) in [5, 5.41) is 9.01. The molecule has 0 saturated heterocycles. The molecular formula is C15H28O4. The van der Waals surface area contributed by atoms with Crippen molar-refractivity contribution in [1.29, 1.82) is 0 Å². The molecule has 0 fully saturated rings. The molecule has 0 heterocycles. The second-order valence-electron chi connectivity index (χ2n) is 6.74. The molecule has 0 aromatic carbocycles. The Morgan fingerprint density at radius 1 is 1.16 bits per heavy atom. The Morgan fingerprint density at radius 3 is 1.95 bits per heavy atom. The number of Topliss-reactive ketones (excluding diaryl/α,β-unsaturated/α-hetero) is 1. The van der Waals surface area contributed by atoms with Crippen LogP contribution in [0.3, 0.4) is 0 Å². The third-order valence-corrected chi connectivity index (χ3v) is 3.39. The summed E-state index contributed by atoms with van der Waals surface area (Å²) in [6.45, 7) is 13.1. The first kappa shape index (κ1) is 18.1. The molecule has 0 aliphatic heterocycles. The van der Waals surface area contributed by atoms with Crippen LogP contribution in [0.5, 0.6) is 0 Å². The first-order valence-corrected chi connectivity index (χ1v) is 6.84. The lowest BCUT2D eigenvalue weighted by Crippen LogP contribution is -2.41. The van der Waals surface area contributed by atoms with Crippen LogP contribution in [0.4, 0.5) is 0 Å². The molecule has 2 unspecified atom stereocenters. The molecule has 0 aliphatic carbocycles. The van der Waals surface area contributed by atoms with Crippen molar-refractivity contribution in [3.8, 4) is 0 Å². The van der Waals surface area contributed by atoms with Crippen LogP contribution in [0.25, 0.3) is 0 Å². The first-order valence-electron chi connectivity index (χ1n) is 6.84. The van der Waals surface area contributed by atoms with Crippen molar-refractivity contribution in [3.63, 3.8) is 0 Å². The van der Waals surface area contributed by atoms with Gasteiger partial charge in [0.15, 0.2) is 0 Å². The van der Waals surface area contributed by atoms with E-state index in [1.54, 1.807) is 6.92 Å². The highest BCUT2D eigenvalue weighted by Crippen LogP contribution is 2.30. The van der Waals surface area contributed by atoms with Gasteiger partial charge in [0.1, 0.15) is 5.78 Å². The Hall–Kier alpha value is -0.900. The highest BCUT2D eigenvalue weighted by atomic mass is 16.5. The zero-order chi connectivity index (χ0) is 15.4. The molecule has 2 atom stereocenters. The molecule has 0 radical (unpaired) electrons. The zero-order valence-corrected chi connectivity index (χ0v) is 13.2. The molecule has 0 amide bonds. The van der Waals surface area contributed by atoms with E-state index >= 15 is 0 Å². The summed E-state index contributed by atoms with van der Waals surface area (Å²) in [5.74, 6) is -1.60. The van der Waals surface area contributed by atoms with E-state index in [0.29, 0.717) is 6.42 Å². The van der Waals surface area contributed by atoms with Gasteiger partial charge in [0.2, 0.25) is 0 Å².